The second-order valence-corrected chi connectivity index (χ2v) is 11.1. The smallest absolute Gasteiger partial charge is 0.405 e. The Morgan fingerprint density at radius 1 is 0.967 bits per heavy atom. The fourth-order valence-electron chi connectivity index (χ4n) is 1.71. The first kappa shape index (κ1) is 26.9. The van der Waals surface area contributed by atoms with Crippen LogP contribution in [0, 0.1) is 0 Å². The topological polar surface area (TPSA) is 133 Å². The molecule has 0 spiro atoms. The molecule has 1 aromatic carbocycles. The highest BCUT2D eigenvalue weighted by Gasteiger charge is 2.52. The normalized spacial score (nSPS) is 14.9. The largest absolute Gasteiger partial charge is 0.451 e. The molecule has 3 unspecified atom stereocenters. The summed E-state index contributed by atoms with van der Waals surface area (Å²) in [5.41, 5.74) is -0.469. The molecule has 9 nitrogen and oxygen atoms in total. The molecule has 0 aliphatic rings. The maximum absolute atomic E-state index is 13.6. The fourth-order valence-corrected chi connectivity index (χ4v) is 2.43. The lowest BCUT2D eigenvalue weighted by Crippen LogP contribution is -2.42. The van der Waals surface area contributed by atoms with E-state index in [0.717, 1.165) is 18.2 Å². The van der Waals surface area contributed by atoms with Crippen molar-refractivity contribution >= 4 is 73.2 Å². The van der Waals surface area contributed by atoms with Crippen LogP contribution in [-0.4, -0.2) is 50.1 Å². The number of carbonyl (C=O) groups excluding carboxylic acids is 3. The molecule has 0 radical (unpaired) electrons. The van der Waals surface area contributed by atoms with Crippen molar-refractivity contribution in [3.05, 3.63) is 23.8 Å². The zero-order valence-electron chi connectivity index (χ0n) is 15.6. The van der Waals surface area contributed by atoms with E-state index >= 15 is 0 Å². The Hall–Kier alpha value is -1.14. The van der Waals surface area contributed by atoms with Gasteiger partial charge in [0.2, 0.25) is 0 Å². The Balaban J connectivity index is 3.26. The van der Waals surface area contributed by atoms with Gasteiger partial charge in [-0.15, -0.1) is 0 Å². The Morgan fingerprint density at radius 2 is 1.37 bits per heavy atom. The van der Waals surface area contributed by atoms with Gasteiger partial charge in [0.15, 0.2) is 6.10 Å². The fraction of sp³-hybridized carbons (Fsp3) is 0.438. The Kier molecular flexibility index (Phi) is 9.37. The van der Waals surface area contributed by atoms with Crippen molar-refractivity contribution in [2.75, 3.05) is 0 Å². The number of rotatable bonds is 8. The first-order valence-electron chi connectivity index (χ1n) is 7.98. The van der Waals surface area contributed by atoms with Gasteiger partial charge in [-0.3, -0.25) is 14.1 Å². The number of carbonyl (C=O) groups is 3. The van der Waals surface area contributed by atoms with Crippen molar-refractivity contribution in [2.45, 2.75) is 40.0 Å². The molecule has 3 atom stereocenters. The lowest BCUT2D eigenvalue weighted by molar-refractivity contribution is -0.133. The predicted molar refractivity (Wildman–Crippen MR) is 116 cm³/mol. The minimum absolute atomic E-state index is 0.240. The van der Waals surface area contributed by atoms with Gasteiger partial charge in [-0.25, -0.2) is 4.79 Å². The summed E-state index contributed by atoms with van der Waals surface area (Å²) >= 11 is 3.54. The number of benzene rings is 1. The molecule has 1 N–H and O–H groups in total. The second kappa shape index (κ2) is 10.4. The first-order valence-corrected chi connectivity index (χ1v) is 11.9. The van der Waals surface area contributed by atoms with E-state index in [9.17, 15) is 31.6 Å². The minimum Gasteiger partial charge on any atom is -0.451 e. The lowest BCUT2D eigenvalue weighted by atomic mass is 10.2. The maximum atomic E-state index is 13.6. The summed E-state index contributed by atoms with van der Waals surface area (Å²) in [6.45, 7) is 3.61. The van der Waals surface area contributed by atoms with Gasteiger partial charge in [0.25, 0.3) is 0 Å². The Morgan fingerprint density at radius 3 is 1.70 bits per heavy atom. The summed E-state index contributed by atoms with van der Waals surface area (Å²) in [5.74, 6) is -3.32. The second-order valence-electron chi connectivity index (χ2n) is 5.85. The standard InChI is InChI=1S/C16H16F2I2O9S/c1-7(19)13(21)28-11-4-10(5-12(6-11)29-14(22)8(2)20)15(23)27-9(3)16(17,18)30(24,25)26/h4-9H,1-3H3,(H,24,25,26). The quantitative estimate of drug-likeness (QED) is 0.145. The van der Waals surface area contributed by atoms with Crippen molar-refractivity contribution in [1.29, 1.82) is 0 Å². The average molecular weight is 676 g/mol. The molecule has 168 valence electrons. The number of halogens is 4. The monoisotopic (exact) mass is 676 g/mol. The zero-order chi connectivity index (χ0) is 23.4. The Bertz CT molecular complexity index is 892. The average Bonchev–Trinajstić information content (AvgIpc) is 2.59. The molecule has 0 aliphatic heterocycles. The van der Waals surface area contributed by atoms with Gasteiger partial charge >= 0.3 is 33.3 Å². The molecule has 30 heavy (non-hydrogen) atoms. The van der Waals surface area contributed by atoms with E-state index in [-0.39, 0.29) is 11.5 Å². The molecule has 14 heteroatoms. The minimum atomic E-state index is -5.85. The zero-order valence-corrected chi connectivity index (χ0v) is 20.7. The molecule has 1 rings (SSSR count). The van der Waals surface area contributed by atoms with Gasteiger partial charge in [0.05, 0.1) is 5.56 Å². The number of esters is 3. The molecular formula is C16H16F2I2O9S. The highest BCUT2D eigenvalue weighted by Crippen LogP contribution is 2.29. The third kappa shape index (κ3) is 7.23. The Labute approximate surface area is 197 Å². The lowest BCUT2D eigenvalue weighted by Gasteiger charge is -2.21. The van der Waals surface area contributed by atoms with Crippen LogP contribution in [0.2, 0.25) is 0 Å². The number of ether oxygens (including phenoxy) is 3. The highest BCUT2D eigenvalue weighted by molar-refractivity contribution is 14.1. The van der Waals surface area contributed by atoms with Crippen LogP contribution in [0.25, 0.3) is 0 Å². The SMILES string of the molecule is CC(I)C(=O)Oc1cc(OC(=O)C(C)I)cc(C(=O)OC(C)C(F)(F)S(=O)(=O)O)c1. The molecule has 0 fully saturated rings. The molecular weight excluding hydrogens is 660 g/mol. The van der Waals surface area contributed by atoms with E-state index in [1.54, 1.807) is 45.2 Å². The summed E-state index contributed by atoms with van der Waals surface area (Å²) in [7, 11) is -5.85. The summed E-state index contributed by atoms with van der Waals surface area (Å²) < 4.78 is 70.8. The van der Waals surface area contributed by atoms with Crippen molar-refractivity contribution in [2.24, 2.45) is 0 Å². The maximum Gasteiger partial charge on any atom is 0.405 e. The van der Waals surface area contributed by atoms with Crippen LogP contribution < -0.4 is 9.47 Å². The number of hydrogen-bond donors (Lipinski definition) is 1. The summed E-state index contributed by atoms with van der Waals surface area (Å²) in [4.78, 5) is 35.9. The van der Waals surface area contributed by atoms with Crippen LogP contribution in [0.5, 0.6) is 11.5 Å². The number of alkyl halides is 4. The van der Waals surface area contributed by atoms with Gasteiger partial charge in [0, 0.05) is 6.07 Å². The predicted octanol–water partition coefficient (Wildman–Crippen LogP) is 3.17. The molecule has 0 aliphatic carbocycles. The van der Waals surface area contributed by atoms with Crippen molar-refractivity contribution < 1.29 is 50.3 Å². The van der Waals surface area contributed by atoms with Gasteiger partial charge in [-0.05, 0) is 32.9 Å². The van der Waals surface area contributed by atoms with E-state index in [2.05, 4.69) is 4.74 Å². The third-order valence-electron chi connectivity index (χ3n) is 3.30. The van der Waals surface area contributed by atoms with E-state index in [4.69, 9.17) is 14.0 Å². The van der Waals surface area contributed by atoms with Crippen LogP contribution in [0.3, 0.4) is 0 Å². The van der Waals surface area contributed by atoms with Gasteiger partial charge in [-0.1, -0.05) is 45.2 Å². The van der Waals surface area contributed by atoms with Crippen molar-refractivity contribution in [3.8, 4) is 11.5 Å². The van der Waals surface area contributed by atoms with E-state index < -0.39 is 52.8 Å². The summed E-state index contributed by atoms with van der Waals surface area (Å²) in [5, 5.41) is -4.77. The number of hydrogen-bond acceptors (Lipinski definition) is 8. The first-order chi connectivity index (χ1) is 13.6. The van der Waals surface area contributed by atoms with Crippen LogP contribution in [0.1, 0.15) is 31.1 Å². The summed E-state index contributed by atoms with van der Waals surface area (Å²) in [6, 6.07) is 3.05. The molecule has 0 saturated carbocycles. The van der Waals surface area contributed by atoms with Crippen molar-refractivity contribution in [1.82, 2.24) is 0 Å². The summed E-state index contributed by atoms with van der Waals surface area (Å²) in [6.07, 6.45) is -2.55. The molecule has 0 aromatic heterocycles. The van der Waals surface area contributed by atoms with Crippen LogP contribution in [0.4, 0.5) is 8.78 Å². The van der Waals surface area contributed by atoms with Crippen LogP contribution >= 0.6 is 45.2 Å². The van der Waals surface area contributed by atoms with E-state index in [1.807, 2.05) is 0 Å². The van der Waals surface area contributed by atoms with E-state index in [0.29, 0.717) is 6.92 Å². The van der Waals surface area contributed by atoms with Crippen molar-refractivity contribution in [3.63, 3.8) is 0 Å². The van der Waals surface area contributed by atoms with E-state index in [1.165, 1.54) is 13.8 Å². The molecule has 1 aromatic rings. The third-order valence-corrected chi connectivity index (χ3v) is 5.34. The molecule has 0 bridgehead atoms. The molecule has 0 saturated heterocycles. The van der Waals surface area contributed by atoms with Gasteiger partial charge in [0.1, 0.15) is 19.3 Å². The molecule has 0 heterocycles. The van der Waals surface area contributed by atoms with Gasteiger partial charge in [-0.2, -0.15) is 17.2 Å². The highest BCUT2D eigenvalue weighted by atomic mass is 127. The molecule has 0 amide bonds. The van der Waals surface area contributed by atoms with Gasteiger partial charge < -0.3 is 14.2 Å². The van der Waals surface area contributed by atoms with Crippen LogP contribution in [0.15, 0.2) is 18.2 Å². The van der Waals surface area contributed by atoms with Crippen LogP contribution in [-0.2, 0) is 24.4 Å².